The highest BCUT2D eigenvalue weighted by atomic mass is 32.2. The number of aryl methyl sites for hydroxylation is 1. The van der Waals surface area contributed by atoms with Gasteiger partial charge in [0, 0.05) is 25.2 Å². The van der Waals surface area contributed by atoms with Gasteiger partial charge in [0.05, 0.1) is 4.90 Å². The van der Waals surface area contributed by atoms with Crippen LogP contribution in [0, 0.1) is 12.8 Å². The Labute approximate surface area is 189 Å². The Bertz CT molecular complexity index is 924. The van der Waals surface area contributed by atoms with Gasteiger partial charge in [0.1, 0.15) is 6.54 Å². The summed E-state index contributed by atoms with van der Waals surface area (Å²) in [4.78, 5) is 35.7. The second-order valence-corrected chi connectivity index (χ2v) is 10.3. The molecule has 10 heteroatoms. The van der Waals surface area contributed by atoms with Gasteiger partial charge in [-0.05, 0) is 49.8 Å². The average Bonchev–Trinajstić information content (AvgIpc) is 2.76. The number of sulfonamides is 1. The van der Waals surface area contributed by atoms with E-state index in [0.717, 1.165) is 25.7 Å². The average molecular weight is 468 g/mol. The third kappa shape index (κ3) is 7.90. The van der Waals surface area contributed by atoms with E-state index in [1.807, 2.05) is 13.8 Å². The molecule has 32 heavy (non-hydrogen) atoms. The fourth-order valence-corrected chi connectivity index (χ4v) is 4.76. The number of benzene rings is 1. The number of hydrogen-bond donors (Lipinski definition) is 2. The molecule has 2 rings (SSSR count). The van der Waals surface area contributed by atoms with Gasteiger partial charge >= 0.3 is 5.97 Å². The van der Waals surface area contributed by atoms with Crippen LogP contribution in [0.2, 0.25) is 0 Å². The van der Waals surface area contributed by atoms with Crippen molar-refractivity contribution in [2.24, 2.45) is 5.92 Å². The van der Waals surface area contributed by atoms with Gasteiger partial charge in [-0.3, -0.25) is 14.4 Å². The van der Waals surface area contributed by atoms with Gasteiger partial charge in [0.2, 0.25) is 15.9 Å². The number of piperidine rings is 1. The largest absolute Gasteiger partial charge is 0.454 e. The van der Waals surface area contributed by atoms with Crippen LogP contribution in [-0.2, 0) is 29.1 Å². The lowest BCUT2D eigenvalue weighted by Crippen LogP contribution is -2.35. The van der Waals surface area contributed by atoms with Gasteiger partial charge in [-0.25, -0.2) is 8.42 Å². The summed E-state index contributed by atoms with van der Waals surface area (Å²) >= 11 is 0. The highest BCUT2D eigenvalue weighted by Gasteiger charge is 2.26. The minimum absolute atomic E-state index is 0.112. The molecule has 0 aromatic heterocycles. The summed E-state index contributed by atoms with van der Waals surface area (Å²) in [5.41, 5.74) is 1.02. The van der Waals surface area contributed by atoms with Gasteiger partial charge in [0.15, 0.2) is 6.61 Å². The van der Waals surface area contributed by atoms with E-state index >= 15 is 0 Å². The predicted octanol–water partition coefficient (Wildman–Crippen LogP) is 2.20. The maximum Gasteiger partial charge on any atom is 0.325 e. The fourth-order valence-electron chi connectivity index (χ4n) is 3.21. The van der Waals surface area contributed by atoms with E-state index in [1.54, 1.807) is 13.0 Å². The lowest BCUT2D eigenvalue weighted by molar-refractivity contribution is -0.147. The molecule has 0 aliphatic carbocycles. The van der Waals surface area contributed by atoms with Crippen molar-refractivity contribution in [3.05, 3.63) is 23.8 Å². The molecule has 0 radical (unpaired) electrons. The van der Waals surface area contributed by atoms with Crippen molar-refractivity contribution in [1.29, 1.82) is 0 Å². The molecule has 0 bridgehead atoms. The van der Waals surface area contributed by atoms with Crippen LogP contribution in [0.4, 0.5) is 5.69 Å². The smallest absolute Gasteiger partial charge is 0.325 e. The molecule has 1 aromatic rings. The van der Waals surface area contributed by atoms with Crippen molar-refractivity contribution in [2.75, 3.05) is 31.6 Å². The molecule has 0 unspecified atom stereocenters. The second kappa shape index (κ2) is 12.0. The molecular weight excluding hydrogens is 434 g/mol. The lowest BCUT2D eigenvalue weighted by atomic mass is 10.1. The molecule has 1 aliphatic heterocycles. The number of hydrogen-bond acceptors (Lipinski definition) is 6. The topological polar surface area (TPSA) is 122 Å². The molecule has 0 atom stereocenters. The summed E-state index contributed by atoms with van der Waals surface area (Å²) in [7, 11) is -3.63. The Kier molecular flexibility index (Phi) is 9.64. The minimum atomic E-state index is -3.63. The molecule has 1 aromatic carbocycles. The number of carbonyl (C=O) groups is 3. The highest BCUT2D eigenvalue weighted by Crippen LogP contribution is 2.25. The first-order chi connectivity index (χ1) is 15.1. The number of nitrogens with zero attached hydrogens (tertiary/aromatic N) is 1. The van der Waals surface area contributed by atoms with E-state index in [0.29, 0.717) is 36.7 Å². The van der Waals surface area contributed by atoms with E-state index in [9.17, 15) is 22.8 Å². The van der Waals surface area contributed by atoms with Crippen molar-refractivity contribution in [1.82, 2.24) is 9.62 Å². The van der Waals surface area contributed by atoms with Crippen LogP contribution in [0.5, 0.6) is 0 Å². The van der Waals surface area contributed by atoms with Crippen molar-refractivity contribution in [3.8, 4) is 0 Å². The summed E-state index contributed by atoms with van der Waals surface area (Å²) < 4.78 is 32.1. The molecule has 1 saturated heterocycles. The first kappa shape index (κ1) is 25.8. The van der Waals surface area contributed by atoms with Gasteiger partial charge in [0.25, 0.3) is 5.91 Å². The molecule has 0 spiro atoms. The van der Waals surface area contributed by atoms with Crippen LogP contribution in [0.25, 0.3) is 0 Å². The van der Waals surface area contributed by atoms with Crippen molar-refractivity contribution >= 4 is 33.5 Å². The molecule has 2 N–H and O–H groups in total. The minimum Gasteiger partial charge on any atom is -0.454 e. The quantitative estimate of drug-likeness (QED) is 0.509. The Balaban J connectivity index is 1.88. The molecule has 1 fully saturated rings. The Morgan fingerprint density at radius 3 is 2.44 bits per heavy atom. The summed E-state index contributed by atoms with van der Waals surface area (Å²) in [6.07, 6.45) is 3.72. The molecule has 1 aliphatic rings. The first-order valence-electron chi connectivity index (χ1n) is 10.9. The zero-order valence-corrected chi connectivity index (χ0v) is 19.8. The van der Waals surface area contributed by atoms with Crippen molar-refractivity contribution in [2.45, 2.75) is 57.8 Å². The molecule has 2 amide bonds. The van der Waals surface area contributed by atoms with E-state index in [1.165, 1.54) is 16.4 Å². The SMILES string of the molecule is Cc1ccc(S(=O)(=O)N2CCCCC2)cc1NC(=O)COC(=O)CNC(=O)CCC(C)C. The van der Waals surface area contributed by atoms with Crippen molar-refractivity contribution < 1.29 is 27.5 Å². The number of carbonyl (C=O) groups excluding carboxylic acids is 3. The zero-order chi connectivity index (χ0) is 23.7. The summed E-state index contributed by atoms with van der Waals surface area (Å²) in [5.74, 6) is -1.19. The maximum atomic E-state index is 12.9. The lowest BCUT2D eigenvalue weighted by Gasteiger charge is -2.26. The number of ether oxygens (including phenoxy) is 1. The molecular formula is C22H33N3O6S. The normalized spacial score (nSPS) is 14.8. The monoisotopic (exact) mass is 467 g/mol. The van der Waals surface area contributed by atoms with Crippen LogP contribution >= 0.6 is 0 Å². The standard InChI is InChI=1S/C22H33N3O6S/c1-16(2)7-10-20(26)23-14-22(28)31-15-21(27)24-19-13-18(9-8-17(19)3)32(29,30)25-11-5-4-6-12-25/h8-9,13,16H,4-7,10-12,14-15H2,1-3H3,(H,23,26)(H,24,27). The van der Waals surface area contributed by atoms with E-state index in [4.69, 9.17) is 4.74 Å². The predicted molar refractivity (Wildman–Crippen MR) is 120 cm³/mol. The third-order valence-electron chi connectivity index (χ3n) is 5.18. The van der Waals surface area contributed by atoms with Crippen LogP contribution in [0.3, 0.4) is 0 Å². The molecule has 1 heterocycles. The number of nitrogens with one attached hydrogen (secondary N) is 2. The Morgan fingerprint density at radius 2 is 1.78 bits per heavy atom. The maximum absolute atomic E-state index is 12.9. The Hall–Kier alpha value is -2.46. The number of rotatable bonds is 10. The second-order valence-electron chi connectivity index (χ2n) is 8.36. The molecule has 9 nitrogen and oxygen atoms in total. The molecule has 178 valence electrons. The van der Waals surface area contributed by atoms with Crippen LogP contribution in [-0.4, -0.2) is 56.7 Å². The third-order valence-corrected chi connectivity index (χ3v) is 7.07. The van der Waals surface area contributed by atoms with Gasteiger partial charge in [-0.15, -0.1) is 0 Å². The number of esters is 1. The number of amides is 2. The summed E-state index contributed by atoms with van der Waals surface area (Å²) in [6, 6.07) is 4.58. The summed E-state index contributed by atoms with van der Waals surface area (Å²) in [5, 5.41) is 5.05. The first-order valence-corrected chi connectivity index (χ1v) is 12.4. The van der Waals surface area contributed by atoms with Gasteiger partial charge in [-0.2, -0.15) is 4.31 Å². The number of anilines is 1. The van der Waals surface area contributed by atoms with E-state index in [2.05, 4.69) is 10.6 Å². The molecule has 0 saturated carbocycles. The summed E-state index contributed by atoms with van der Waals surface area (Å²) in [6.45, 7) is 5.87. The van der Waals surface area contributed by atoms with Gasteiger partial charge < -0.3 is 15.4 Å². The fraction of sp³-hybridized carbons (Fsp3) is 0.591. The van der Waals surface area contributed by atoms with Crippen molar-refractivity contribution in [3.63, 3.8) is 0 Å². The van der Waals surface area contributed by atoms with E-state index < -0.39 is 28.5 Å². The highest BCUT2D eigenvalue weighted by molar-refractivity contribution is 7.89. The Morgan fingerprint density at radius 1 is 1.09 bits per heavy atom. The van der Waals surface area contributed by atoms with E-state index in [-0.39, 0.29) is 17.3 Å². The van der Waals surface area contributed by atoms with Gasteiger partial charge in [-0.1, -0.05) is 26.3 Å². The van der Waals surface area contributed by atoms with Crippen LogP contribution in [0.15, 0.2) is 23.1 Å². The van der Waals surface area contributed by atoms with Crippen LogP contribution in [0.1, 0.15) is 51.5 Å². The van der Waals surface area contributed by atoms with Crippen LogP contribution < -0.4 is 10.6 Å². The zero-order valence-electron chi connectivity index (χ0n) is 19.0.